The molecule has 0 aromatic heterocycles. The second kappa shape index (κ2) is 4.82. The molecular weight excluding hydrogens is 284 g/mol. The van der Waals surface area contributed by atoms with Crippen molar-refractivity contribution in [1.29, 1.82) is 0 Å². The smallest absolute Gasteiger partial charge is 0.166 e. The highest BCUT2D eigenvalue weighted by Crippen LogP contribution is 2.35. The van der Waals surface area contributed by atoms with E-state index in [4.69, 9.17) is 23.2 Å². The molecule has 0 spiro atoms. The minimum Gasteiger partial charge on any atom is -0.166 e. The van der Waals surface area contributed by atoms with E-state index in [0.717, 1.165) is 12.1 Å². The first-order valence-corrected chi connectivity index (χ1v) is 5.77. The molecule has 0 heterocycles. The molecule has 0 nitrogen and oxygen atoms in total. The monoisotopic (exact) mass is 290 g/mol. The molecule has 0 amide bonds. The molecule has 0 atom stereocenters. The summed E-state index contributed by atoms with van der Waals surface area (Å²) in [6.07, 6.45) is -4.34. The van der Waals surface area contributed by atoms with Crippen molar-refractivity contribution in [2.75, 3.05) is 0 Å². The van der Waals surface area contributed by atoms with Gasteiger partial charge in [0, 0.05) is 5.56 Å². The van der Waals surface area contributed by atoms with Gasteiger partial charge in [-0.2, -0.15) is 13.2 Å². The number of alkyl halides is 3. The topological polar surface area (TPSA) is 0 Å². The highest BCUT2D eigenvalue weighted by Gasteiger charge is 2.30. The van der Waals surface area contributed by atoms with Crippen LogP contribution >= 0.6 is 23.2 Å². The summed E-state index contributed by atoms with van der Waals surface area (Å²) in [4.78, 5) is 0. The molecule has 0 saturated heterocycles. The Balaban J connectivity index is 2.44. The van der Waals surface area contributed by atoms with Gasteiger partial charge in [0.15, 0.2) is 0 Å². The average Bonchev–Trinajstić information content (AvgIpc) is 2.32. The predicted octanol–water partition coefficient (Wildman–Crippen LogP) is 5.68. The van der Waals surface area contributed by atoms with Crippen LogP contribution in [0.3, 0.4) is 0 Å². The van der Waals surface area contributed by atoms with Gasteiger partial charge in [-0.15, -0.1) is 0 Å². The lowest BCUT2D eigenvalue weighted by Gasteiger charge is -2.09. The van der Waals surface area contributed by atoms with Gasteiger partial charge in [0.25, 0.3) is 0 Å². The molecule has 0 radical (unpaired) electrons. The standard InChI is InChI=1S/C13H7Cl2F3/c14-11-3-1-2-10(12(11)15)8-4-6-9(7-5-8)13(16,17)18/h1-7H. The number of rotatable bonds is 1. The minimum absolute atomic E-state index is 0.332. The first-order chi connectivity index (χ1) is 8.39. The Bertz CT molecular complexity index is 559. The van der Waals surface area contributed by atoms with Crippen LogP contribution in [-0.4, -0.2) is 0 Å². The van der Waals surface area contributed by atoms with Gasteiger partial charge in [-0.05, 0) is 23.8 Å². The maximum atomic E-state index is 12.4. The summed E-state index contributed by atoms with van der Waals surface area (Å²) in [6, 6.07) is 9.81. The zero-order chi connectivity index (χ0) is 13.3. The Labute approximate surface area is 112 Å². The number of benzene rings is 2. The molecule has 0 aliphatic heterocycles. The van der Waals surface area contributed by atoms with Crippen molar-refractivity contribution in [3.8, 4) is 11.1 Å². The fourth-order valence-electron chi connectivity index (χ4n) is 1.57. The zero-order valence-corrected chi connectivity index (χ0v) is 10.4. The van der Waals surface area contributed by atoms with Crippen LogP contribution in [0.5, 0.6) is 0 Å². The Morgan fingerprint density at radius 1 is 0.833 bits per heavy atom. The highest BCUT2D eigenvalue weighted by molar-refractivity contribution is 6.43. The van der Waals surface area contributed by atoms with Crippen LogP contribution in [0, 0.1) is 0 Å². The molecule has 2 rings (SSSR count). The van der Waals surface area contributed by atoms with Crippen LogP contribution in [0.4, 0.5) is 13.2 Å². The Morgan fingerprint density at radius 3 is 2.00 bits per heavy atom. The Hall–Kier alpha value is -1.19. The summed E-state index contributed by atoms with van der Waals surface area (Å²) >= 11 is 11.9. The molecule has 0 unspecified atom stereocenters. The maximum absolute atomic E-state index is 12.4. The summed E-state index contributed by atoms with van der Waals surface area (Å²) in [6.45, 7) is 0. The largest absolute Gasteiger partial charge is 0.416 e. The third kappa shape index (κ3) is 2.62. The van der Waals surface area contributed by atoms with E-state index >= 15 is 0 Å². The van der Waals surface area contributed by atoms with Crippen molar-refractivity contribution in [3.63, 3.8) is 0 Å². The van der Waals surface area contributed by atoms with E-state index in [9.17, 15) is 13.2 Å². The number of halogens is 5. The Morgan fingerprint density at radius 2 is 1.44 bits per heavy atom. The fourth-order valence-corrected chi connectivity index (χ4v) is 1.98. The van der Waals surface area contributed by atoms with Crippen molar-refractivity contribution < 1.29 is 13.2 Å². The maximum Gasteiger partial charge on any atom is 0.416 e. The fraction of sp³-hybridized carbons (Fsp3) is 0.0769. The molecule has 2 aromatic carbocycles. The normalized spacial score (nSPS) is 11.6. The molecule has 2 aromatic rings. The van der Waals surface area contributed by atoms with Gasteiger partial charge in [-0.3, -0.25) is 0 Å². The van der Waals surface area contributed by atoms with Crippen molar-refractivity contribution in [2.45, 2.75) is 6.18 Å². The molecule has 94 valence electrons. The van der Waals surface area contributed by atoms with Crippen LogP contribution in [-0.2, 0) is 6.18 Å². The molecule has 0 fully saturated rings. The van der Waals surface area contributed by atoms with E-state index in [0.29, 0.717) is 21.2 Å². The quantitative estimate of drug-likeness (QED) is 0.634. The minimum atomic E-state index is -4.34. The van der Waals surface area contributed by atoms with E-state index in [1.807, 2.05) is 0 Å². The van der Waals surface area contributed by atoms with Gasteiger partial charge in [-0.25, -0.2) is 0 Å². The molecule has 0 aliphatic carbocycles. The molecule has 0 bridgehead atoms. The van der Waals surface area contributed by atoms with Crippen LogP contribution < -0.4 is 0 Å². The van der Waals surface area contributed by atoms with E-state index in [2.05, 4.69) is 0 Å². The van der Waals surface area contributed by atoms with Crippen LogP contribution in [0.1, 0.15) is 5.56 Å². The average molecular weight is 291 g/mol. The van der Waals surface area contributed by atoms with Crippen LogP contribution in [0.2, 0.25) is 10.0 Å². The van der Waals surface area contributed by atoms with E-state index in [1.54, 1.807) is 18.2 Å². The van der Waals surface area contributed by atoms with Gasteiger partial charge in [0.2, 0.25) is 0 Å². The molecule has 0 aliphatic rings. The third-order valence-electron chi connectivity index (χ3n) is 2.47. The third-order valence-corrected chi connectivity index (χ3v) is 3.29. The summed E-state index contributed by atoms with van der Waals surface area (Å²) in [5.74, 6) is 0. The molecule has 5 heteroatoms. The summed E-state index contributed by atoms with van der Waals surface area (Å²) in [7, 11) is 0. The first kappa shape index (κ1) is 13.2. The van der Waals surface area contributed by atoms with Crippen molar-refractivity contribution in [2.24, 2.45) is 0 Å². The lowest BCUT2D eigenvalue weighted by Crippen LogP contribution is -2.03. The molecule has 0 saturated carbocycles. The number of hydrogen-bond acceptors (Lipinski definition) is 0. The summed E-state index contributed by atoms with van der Waals surface area (Å²) in [5.41, 5.74) is 0.512. The lowest BCUT2D eigenvalue weighted by atomic mass is 10.0. The second-order valence-electron chi connectivity index (χ2n) is 3.68. The number of hydrogen-bond donors (Lipinski definition) is 0. The SMILES string of the molecule is FC(F)(F)c1ccc(-c2cccc(Cl)c2Cl)cc1. The van der Waals surface area contributed by atoms with E-state index < -0.39 is 11.7 Å². The van der Waals surface area contributed by atoms with E-state index in [-0.39, 0.29) is 0 Å². The lowest BCUT2D eigenvalue weighted by molar-refractivity contribution is -0.137. The summed E-state index contributed by atoms with van der Waals surface area (Å²) < 4.78 is 37.3. The van der Waals surface area contributed by atoms with Gasteiger partial charge in [-0.1, -0.05) is 47.5 Å². The highest BCUT2D eigenvalue weighted by atomic mass is 35.5. The van der Waals surface area contributed by atoms with Gasteiger partial charge in [0.1, 0.15) is 0 Å². The first-order valence-electron chi connectivity index (χ1n) is 5.01. The summed E-state index contributed by atoms with van der Waals surface area (Å²) in [5, 5.41) is 0.702. The second-order valence-corrected chi connectivity index (χ2v) is 4.46. The molecular formula is C13H7Cl2F3. The Kier molecular flexibility index (Phi) is 3.55. The van der Waals surface area contributed by atoms with Crippen LogP contribution in [0.25, 0.3) is 11.1 Å². The zero-order valence-electron chi connectivity index (χ0n) is 8.93. The van der Waals surface area contributed by atoms with E-state index in [1.165, 1.54) is 12.1 Å². The van der Waals surface area contributed by atoms with Gasteiger partial charge < -0.3 is 0 Å². The van der Waals surface area contributed by atoms with Crippen molar-refractivity contribution >= 4 is 23.2 Å². The molecule has 0 N–H and O–H groups in total. The van der Waals surface area contributed by atoms with Gasteiger partial charge in [0.05, 0.1) is 15.6 Å². The predicted molar refractivity (Wildman–Crippen MR) is 66.9 cm³/mol. The van der Waals surface area contributed by atoms with Crippen LogP contribution in [0.15, 0.2) is 42.5 Å². The molecule has 18 heavy (non-hydrogen) atoms. The van der Waals surface area contributed by atoms with Gasteiger partial charge >= 0.3 is 6.18 Å². The van der Waals surface area contributed by atoms with Crippen molar-refractivity contribution in [1.82, 2.24) is 0 Å². The van der Waals surface area contributed by atoms with Crippen molar-refractivity contribution in [3.05, 3.63) is 58.1 Å².